The predicted octanol–water partition coefficient (Wildman–Crippen LogP) is 0.0126. The van der Waals surface area contributed by atoms with Crippen LogP contribution in [-0.2, 0) is 21.2 Å². The predicted molar refractivity (Wildman–Crippen MR) is 60.2 cm³/mol. The Morgan fingerprint density at radius 1 is 1.31 bits per heavy atom. The highest BCUT2D eigenvalue weighted by atomic mass is 32.2. The first-order valence-corrected chi connectivity index (χ1v) is 6.25. The van der Waals surface area contributed by atoms with Crippen LogP contribution in [0.2, 0.25) is 0 Å². The van der Waals surface area contributed by atoms with E-state index >= 15 is 0 Å². The maximum absolute atomic E-state index is 11.4. The number of hydrogen-bond acceptors (Lipinski definition) is 3. The van der Waals surface area contributed by atoms with Crippen molar-refractivity contribution in [2.24, 2.45) is 5.73 Å². The molecule has 5 nitrogen and oxygen atoms in total. The summed E-state index contributed by atoms with van der Waals surface area (Å²) in [5.41, 5.74) is 5.90. The average Bonchev–Trinajstić information content (AvgIpc) is 2.27. The largest absolute Gasteiger partial charge is 0.370 e. The highest BCUT2D eigenvalue weighted by molar-refractivity contribution is 7.89. The minimum Gasteiger partial charge on any atom is -0.370 e. The van der Waals surface area contributed by atoms with Gasteiger partial charge in [-0.1, -0.05) is 12.1 Å². The Morgan fingerprint density at radius 2 is 1.88 bits per heavy atom. The topological polar surface area (TPSA) is 89.3 Å². The van der Waals surface area contributed by atoms with Gasteiger partial charge in [0.25, 0.3) is 0 Å². The lowest BCUT2D eigenvalue weighted by atomic mass is 10.1. The molecule has 0 saturated carbocycles. The third kappa shape index (κ3) is 3.32. The fraction of sp³-hybridized carbons (Fsp3) is 0.300. The number of hydrogen-bond donors (Lipinski definition) is 2. The van der Waals surface area contributed by atoms with Crippen LogP contribution in [0.5, 0.6) is 0 Å². The van der Waals surface area contributed by atoms with E-state index in [9.17, 15) is 13.2 Å². The fourth-order valence-electron chi connectivity index (χ4n) is 1.22. The maximum Gasteiger partial charge on any atom is 0.240 e. The van der Waals surface area contributed by atoms with E-state index in [0.29, 0.717) is 6.42 Å². The van der Waals surface area contributed by atoms with Gasteiger partial charge in [0.2, 0.25) is 15.9 Å². The van der Waals surface area contributed by atoms with Crippen molar-refractivity contribution in [3.05, 3.63) is 29.8 Å². The molecule has 1 aromatic carbocycles. The standard InChI is InChI=1S/C10H14N2O3S/c1-12-16(14,15)9-5-2-8(3-6-9)4-7-10(11)13/h2-3,5-6,12H,4,7H2,1H3,(H2,11,13). The SMILES string of the molecule is CNS(=O)(=O)c1ccc(CCC(N)=O)cc1. The average molecular weight is 242 g/mol. The number of carbonyl (C=O) groups is 1. The smallest absolute Gasteiger partial charge is 0.240 e. The normalized spacial score (nSPS) is 11.3. The summed E-state index contributed by atoms with van der Waals surface area (Å²) in [5, 5.41) is 0. The summed E-state index contributed by atoms with van der Waals surface area (Å²) in [5.74, 6) is -0.369. The molecule has 0 spiro atoms. The van der Waals surface area contributed by atoms with Gasteiger partial charge in [0.1, 0.15) is 0 Å². The van der Waals surface area contributed by atoms with Gasteiger partial charge in [-0.15, -0.1) is 0 Å². The van der Waals surface area contributed by atoms with Crippen LogP contribution < -0.4 is 10.5 Å². The van der Waals surface area contributed by atoms with Crippen molar-refractivity contribution in [2.45, 2.75) is 17.7 Å². The summed E-state index contributed by atoms with van der Waals surface area (Å²) >= 11 is 0. The Labute approximate surface area is 94.7 Å². The fourth-order valence-corrected chi connectivity index (χ4v) is 1.95. The zero-order valence-electron chi connectivity index (χ0n) is 8.93. The minimum atomic E-state index is -3.39. The minimum absolute atomic E-state index is 0.206. The number of primary amides is 1. The van der Waals surface area contributed by atoms with Crippen molar-refractivity contribution in [1.29, 1.82) is 0 Å². The molecule has 1 amide bonds. The van der Waals surface area contributed by atoms with E-state index in [2.05, 4.69) is 4.72 Å². The van der Waals surface area contributed by atoms with Crippen LogP contribution in [0, 0.1) is 0 Å². The molecule has 1 aromatic rings. The molecule has 0 fully saturated rings. The third-order valence-corrected chi connectivity index (χ3v) is 3.59. The molecule has 0 atom stereocenters. The van der Waals surface area contributed by atoms with Gasteiger partial charge < -0.3 is 5.73 Å². The van der Waals surface area contributed by atoms with Crippen LogP contribution in [0.1, 0.15) is 12.0 Å². The molecule has 6 heteroatoms. The number of benzene rings is 1. The van der Waals surface area contributed by atoms with E-state index < -0.39 is 10.0 Å². The van der Waals surface area contributed by atoms with E-state index in [1.807, 2.05) is 0 Å². The Bertz CT molecular complexity index is 465. The van der Waals surface area contributed by atoms with Crippen LogP contribution in [0.4, 0.5) is 0 Å². The van der Waals surface area contributed by atoms with Crippen molar-refractivity contribution in [1.82, 2.24) is 4.72 Å². The van der Waals surface area contributed by atoms with Crippen molar-refractivity contribution in [3.63, 3.8) is 0 Å². The Kier molecular flexibility index (Phi) is 4.03. The highest BCUT2D eigenvalue weighted by Gasteiger charge is 2.10. The van der Waals surface area contributed by atoms with Crippen molar-refractivity contribution in [3.8, 4) is 0 Å². The lowest BCUT2D eigenvalue weighted by molar-refractivity contribution is -0.117. The van der Waals surface area contributed by atoms with E-state index in [1.54, 1.807) is 12.1 Å². The van der Waals surface area contributed by atoms with E-state index in [-0.39, 0.29) is 17.2 Å². The first-order valence-electron chi connectivity index (χ1n) is 4.76. The molecule has 0 heterocycles. The molecule has 1 rings (SSSR count). The molecular formula is C10H14N2O3S. The third-order valence-electron chi connectivity index (χ3n) is 2.16. The Balaban J connectivity index is 2.80. The van der Waals surface area contributed by atoms with Crippen molar-refractivity contribution < 1.29 is 13.2 Å². The number of amides is 1. The second-order valence-corrected chi connectivity index (χ2v) is 5.20. The zero-order chi connectivity index (χ0) is 12.2. The molecule has 16 heavy (non-hydrogen) atoms. The number of nitrogens with two attached hydrogens (primary N) is 1. The molecule has 0 aromatic heterocycles. The molecule has 0 radical (unpaired) electrons. The highest BCUT2D eigenvalue weighted by Crippen LogP contribution is 2.11. The molecule has 0 unspecified atom stereocenters. The van der Waals surface area contributed by atoms with Crippen LogP contribution in [0.15, 0.2) is 29.2 Å². The van der Waals surface area contributed by atoms with Crippen LogP contribution >= 0.6 is 0 Å². The second-order valence-electron chi connectivity index (χ2n) is 3.32. The van der Waals surface area contributed by atoms with Gasteiger partial charge >= 0.3 is 0 Å². The maximum atomic E-state index is 11.4. The van der Waals surface area contributed by atoms with Gasteiger partial charge in [0, 0.05) is 6.42 Å². The molecular weight excluding hydrogens is 228 g/mol. The summed E-state index contributed by atoms with van der Waals surface area (Å²) in [6, 6.07) is 6.35. The van der Waals surface area contributed by atoms with Gasteiger partial charge in [0.05, 0.1) is 4.90 Å². The Hall–Kier alpha value is -1.40. The number of sulfonamides is 1. The summed E-state index contributed by atoms with van der Waals surface area (Å²) in [7, 11) is -2.03. The molecule has 0 aliphatic carbocycles. The molecule has 0 saturated heterocycles. The van der Waals surface area contributed by atoms with Gasteiger partial charge in [0.15, 0.2) is 0 Å². The van der Waals surface area contributed by atoms with Crippen LogP contribution in [0.25, 0.3) is 0 Å². The number of aryl methyl sites for hydroxylation is 1. The monoisotopic (exact) mass is 242 g/mol. The van der Waals surface area contributed by atoms with Crippen molar-refractivity contribution in [2.75, 3.05) is 7.05 Å². The second kappa shape index (κ2) is 5.09. The first-order chi connectivity index (χ1) is 7.45. The van der Waals surface area contributed by atoms with E-state index in [0.717, 1.165) is 5.56 Å². The molecule has 0 aliphatic rings. The summed E-state index contributed by atoms with van der Waals surface area (Å²) in [6.07, 6.45) is 0.785. The lowest BCUT2D eigenvalue weighted by Crippen LogP contribution is -2.18. The summed E-state index contributed by atoms with van der Waals surface area (Å²) < 4.78 is 25.0. The van der Waals surface area contributed by atoms with Gasteiger partial charge in [-0.05, 0) is 31.2 Å². The van der Waals surface area contributed by atoms with E-state index in [4.69, 9.17) is 5.73 Å². The van der Waals surface area contributed by atoms with Crippen molar-refractivity contribution >= 4 is 15.9 Å². The quantitative estimate of drug-likeness (QED) is 0.762. The Morgan fingerprint density at radius 3 is 2.31 bits per heavy atom. The number of carbonyl (C=O) groups excluding carboxylic acids is 1. The van der Waals surface area contributed by atoms with Gasteiger partial charge in [-0.25, -0.2) is 13.1 Å². The van der Waals surface area contributed by atoms with Crippen LogP contribution in [-0.4, -0.2) is 21.4 Å². The number of rotatable bonds is 5. The zero-order valence-corrected chi connectivity index (χ0v) is 9.75. The van der Waals surface area contributed by atoms with Gasteiger partial charge in [-0.2, -0.15) is 0 Å². The first kappa shape index (κ1) is 12.7. The summed E-state index contributed by atoms with van der Waals surface area (Å²) in [6.45, 7) is 0. The summed E-state index contributed by atoms with van der Waals surface area (Å²) in [4.78, 5) is 10.8. The lowest BCUT2D eigenvalue weighted by Gasteiger charge is -2.03. The molecule has 3 N–H and O–H groups in total. The number of nitrogens with one attached hydrogen (secondary N) is 1. The van der Waals surface area contributed by atoms with Gasteiger partial charge in [-0.3, -0.25) is 4.79 Å². The van der Waals surface area contributed by atoms with Crippen LogP contribution in [0.3, 0.4) is 0 Å². The van der Waals surface area contributed by atoms with E-state index in [1.165, 1.54) is 19.2 Å². The molecule has 0 aliphatic heterocycles. The molecule has 0 bridgehead atoms. The molecule has 88 valence electrons.